The van der Waals surface area contributed by atoms with Crippen LogP contribution in [-0.4, -0.2) is 52.8 Å². The summed E-state index contributed by atoms with van der Waals surface area (Å²) in [6.07, 6.45) is 2.74. The highest BCUT2D eigenvalue weighted by atomic mass is 16.5. The van der Waals surface area contributed by atoms with Crippen LogP contribution in [0.2, 0.25) is 0 Å². The number of nitrogens with one attached hydrogen (secondary N) is 1. The third kappa shape index (κ3) is 6.39. The van der Waals surface area contributed by atoms with Crippen LogP contribution in [0.15, 0.2) is 79.0 Å². The van der Waals surface area contributed by atoms with Crippen LogP contribution in [0.5, 0.6) is 5.75 Å². The summed E-state index contributed by atoms with van der Waals surface area (Å²) in [5.74, 6) is 0.444. The molecule has 0 atom stereocenters. The van der Waals surface area contributed by atoms with Gasteiger partial charge in [-0.2, -0.15) is 0 Å². The fourth-order valence-electron chi connectivity index (χ4n) is 4.43. The maximum Gasteiger partial charge on any atom is 0.254 e. The number of carbonyl (C=O) groups excluding carboxylic acids is 2. The second-order valence-electron chi connectivity index (χ2n) is 9.67. The van der Waals surface area contributed by atoms with Gasteiger partial charge in [0.1, 0.15) is 12.3 Å². The molecule has 0 radical (unpaired) electrons. The van der Waals surface area contributed by atoms with Gasteiger partial charge in [-0.05, 0) is 68.7 Å². The van der Waals surface area contributed by atoms with Crippen LogP contribution >= 0.6 is 0 Å². The van der Waals surface area contributed by atoms with Gasteiger partial charge in [0, 0.05) is 41.8 Å². The fourth-order valence-corrected chi connectivity index (χ4v) is 4.43. The number of rotatable bonds is 10. The quantitative estimate of drug-likeness (QED) is 0.310. The van der Waals surface area contributed by atoms with Crippen molar-refractivity contribution < 1.29 is 14.3 Å². The number of hydrogen-bond donors (Lipinski definition) is 1. The number of aromatic nitrogens is 1. The van der Waals surface area contributed by atoms with Gasteiger partial charge in [0.2, 0.25) is 5.91 Å². The van der Waals surface area contributed by atoms with E-state index in [0.29, 0.717) is 24.4 Å². The molecular formula is C31H35N3O3. The third-order valence-corrected chi connectivity index (χ3v) is 6.70. The Morgan fingerprint density at radius 1 is 0.946 bits per heavy atom. The summed E-state index contributed by atoms with van der Waals surface area (Å²) in [7, 11) is 1.59. The number of carbonyl (C=O) groups is 2. The molecule has 1 heterocycles. The van der Waals surface area contributed by atoms with E-state index >= 15 is 0 Å². The van der Waals surface area contributed by atoms with E-state index < -0.39 is 0 Å². The molecule has 37 heavy (non-hydrogen) atoms. The Morgan fingerprint density at radius 3 is 2.32 bits per heavy atom. The number of ether oxygens (including phenoxy) is 1. The van der Waals surface area contributed by atoms with Crippen molar-refractivity contribution in [3.63, 3.8) is 0 Å². The number of hydrogen-bond acceptors (Lipinski definition) is 3. The van der Waals surface area contributed by atoms with Gasteiger partial charge in [0.05, 0.1) is 7.11 Å². The molecule has 0 saturated heterocycles. The molecule has 4 rings (SSSR count). The Balaban J connectivity index is 1.53. The summed E-state index contributed by atoms with van der Waals surface area (Å²) in [6, 6.07) is 23.3. The van der Waals surface area contributed by atoms with Crippen molar-refractivity contribution in [3.8, 4) is 5.75 Å². The molecule has 6 nitrogen and oxygen atoms in total. The lowest BCUT2D eigenvalue weighted by Crippen LogP contribution is -2.46. The van der Waals surface area contributed by atoms with E-state index in [1.165, 1.54) is 16.5 Å². The first-order valence-electron chi connectivity index (χ1n) is 12.7. The molecule has 1 N–H and O–H groups in total. The lowest BCUT2D eigenvalue weighted by Gasteiger charge is -2.30. The SMILES string of the molecule is COc1ccc(C(=O)N(CC(=O)N(CCc2c[nH]c3ccccc23)Cc2ccc(C)cc2)C(C)C)cc1. The zero-order valence-corrected chi connectivity index (χ0v) is 22.0. The normalized spacial score (nSPS) is 11.1. The van der Waals surface area contributed by atoms with Gasteiger partial charge in [0.15, 0.2) is 0 Å². The maximum absolute atomic E-state index is 13.7. The number of benzene rings is 3. The average molecular weight is 498 g/mol. The summed E-state index contributed by atoms with van der Waals surface area (Å²) in [5.41, 5.74) is 5.04. The Kier molecular flexibility index (Phi) is 8.29. The standard InChI is InChI=1S/C31H35N3O3/c1-22(2)34(31(36)25-13-15-27(37-4)16-14-25)21-30(35)33(20-24-11-9-23(3)10-12-24)18-17-26-19-32-29-8-6-5-7-28(26)29/h5-16,19,22,32H,17-18,20-21H2,1-4H3. The molecule has 0 unspecified atom stereocenters. The Morgan fingerprint density at radius 2 is 1.65 bits per heavy atom. The number of aromatic amines is 1. The minimum Gasteiger partial charge on any atom is -0.497 e. The number of nitrogens with zero attached hydrogens (tertiary/aromatic N) is 2. The van der Waals surface area contributed by atoms with Gasteiger partial charge in [0.25, 0.3) is 5.91 Å². The van der Waals surface area contributed by atoms with E-state index in [2.05, 4.69) is 48.3 Å². The molecule has 6 heteroatoms. The number of aryl methyl sites for hydroxylation is 1. The van der Waals surface area contributed by atoms with Crippen LogP contribution < -0.4 is 4.74 Å². The highest BCUT2D eigenvalue weighted by molar-refractivity contribution is 5.96. The van der Waals surface area contributed by atoms with Crippen LogP contribution in [-0.2, 0) is 17.8 Å². The van der Waals surface area contributed by atoms with E-state index in [1.807, 2.05) is 37.1 Å². The fraction of sp³-hybridized carbons (Fsp3) is 0.290. The zero-order chi connectivity index (χ0) is 26.4. The van der Waals surface area contributed by atoms with Crippen LogP contribution in [0.3, 0.4) is 0 Å². The summed E-state index contributed by atoms with van der Waals surface area (Å²) < 4.78 is 5.21. The van der Waals surface area contributed by atoms with Gasteiger partial charge in [-0.15, -0.1) is 0 Å². The largest absolute Gasteiger partial charge is 0.497 e. The van der Waals surface area contributed by atoms with Gasteiger partial charge in [-0.1, -0.05) is 48.0 Å². The Labute approximate surface area is 218 Å². The smallest absolute Gasteiger partial charge is 0.254 e. The Bertz CT molecular complexity index is 1340. The van der Waals surface area contributed by atoms with Crippen molar-refractivity contribution >= 4 is 22.7 Å². The van der Waals surface area contributed by atoms with Gasteiger partial charge in [-0.25, -0.2) is 0 Å². The molecule has 0 fully saturated rings. The highest BCUT2D eigenvalue weighted by Crippen LogP contribution is 2.20. The number of methoxy groups -OCH3 is 1. The van der Waals surface area contributed by atoms with E-state index in [1.54, 1.807) is 36.3 Å². The molecule has 0 aliphatic heterocycles. The average Bonchev–Trinajstić information content (AvgIpc) is 3.33. The molecular weight excluding hydrogens is 462 g/mol. The molecule has 1 aromatic heterocycles. The minimum atomic E-state index is -0.169. The van der Waals surface area contributed by atoms with Crippen molar-refractivity contribution in [1.82, 2.24) is 14.8 Å². The van der Waals surface area contributed by atoms with Crippen LogP contribution in [0.1, 0.15) is 40.9 Å². The monoisotopic (exact) mass is 497 g/mol. The van der Waals surface area contributed by atoms with E-state index in [9.17, 15) is 9.59 Å². The van der Waals surface area contributed by atoms with Crippen LogP contribution in [0.4, 0.5) is 0 Å². The summed E-state index contributed by atoms with van der Waals surface area (Å²) in [4.78, 5) is 33.9. The van der Waals surface area contributed by atoms with E-state index in [0.717, 1.165) is 17.5 Å². The van der Waals surface area contributed by atoms with Crippen molar-refractivity contribution in [1.29, 1.82) is 0 Å². The molecule has 4 aromatic rings. The lowest BCUT2D eigenvalue weighted by molar-refractivity contribution is -0.132. The van der Waals surface area contributed by atoms with Crippen molar-refractivity contribution in [3.05, 3.63) is 101 Å². The third-order valence-electron chi connectivity index (χ3n) is 6.70. The van der Waals surface area contributed by atoms with E-state index in [-0.39, 0.29) is 24.4 Å². The van der Waals surface area contributed by atoms with Crippen molar-refractivity contribution in [2.45, 2.75) is 39.8 Å². The van der Waals surface area contributed by atoms with Crippen molar-refractivity contribution in [2.24, 2.45) is 0 Å². The number of fused-ring (bicyclic) bond motifs is 1. The number of para-hydroxylation sites is 1. The zero-order valence-electron chi connectivity index (χ0n) is 22.0. The second kappa shape index (κ2) is 11.8. The second-order valence-corrected chi connectivity index (χ2v) is 9.67. The Hall–Kier alpha value is -4.06. The molecule has 192 valence electrons. The summed E-state index contributed by atoms with van der Waals surface area (Å²) in [5, 5.41) is 1.17. The molecule has 0 bridgehead atoms. The molecule has 2 amide bonds. The van der Waals surface area contributed by atoms with Gasteiger partial charge < -0.3 is 19.5 Å². The predicted molar refractivity (Wildman–Crippen MR) is 148 cm³/mol. The van der Waals surface area contributed by atoms with Gasteiger partial charge >= 0.3 is 0 Å². The molecule has 0 aliphatic carbocycles. The summed E-state index contributed by atoms with van der Waals surface area (Å²) in [6.45, 7) is 6.98. The first kappa shape index (κ1) is 26.0. The molecule has 0 saturated carbocycles. The van der Waals surface area contributed by atoms with Gasteiger partial charge in [-0.3, -0.25) is 9.59 Å². The number of amides is 2. The van der Waals surface area contributed by atoms with Crippen LogP contribution in [0, 0.1) is 6.92 Å². The molecule has 3 aromatic carbocycles. The lowest BCUT2D eigenvalue weighted by atomic mass is 10.1. The van der Waals surface area contributed by atoms with E-state index in [4.69, 9.17) is 4.74 Å². The first-order valence-corrected chi connectivity index (χ1v) is 12.7. The van der Waals surface area contributed by atoms with Crippen LogP contribution in [0.25, 0.3) is 10.9 Å². The number of H-pyrrole nitrogens is 1. The minimum absolute atomic E-state index is 0.0161. The summed E-state index contributed by atoms with van der Waals surface area (Å²) >= 11 is 0. The first-order chi connectivity index (χ1) is 17.9. The highest BCUT2D eigenvalue weighted by Gasteiger charge is 2.25. The molecule has 0 spiro atoms. The van der Waals surface area contributed by atoms with Crippen molar-refractivity contribution in [2.75, 3.05) is 20.2 Å². The topological polar surface area (TPSA) is 65.6 Å². The predicted octanol–water partition coefficient (Wildman–Crippen LogP) is 5.61. The maximum atomic E-state index is 13.7. The molecule has 0 aliphatic rings.